The molecule has 3 rings (SSSR count). The van der Waals surface area contributed by atoms with Gasteiger partial charge in [0.15, 0.2) is 0 Å². The van der Waals surface area contributed by atoms with Crippen LogP contribution in [0.3, 0.4) is 0 Å². The van der Waals surface area contributed by atoms with Crippen molar-refractivity contribution in [2.45, 2.75) is 32.9 Å². The average Bonchev–Trinajstić information content (AvgIpc) is 3.01. The molecular formula is C18H27NO2. The Morgan fingerprint density at radius 3 is 2.95 bits per heavy atom. The van der Waals surface area contributed by atoms with Gasteiger partial charge in [-0.15, -0.1) is 0 Å². The van der Waals surface area contributed by atoms with E-state index in [4.69, 9.17) is 9.47 Å². The lowest BCUT2D eigenvalue weighted by molar-refractivity contribution is 0.0903. The van der Waals surface area contributed by atoms with Crippen LogP contribution in [0, 0.1) is 25.7 Å². The first-order chi connectivity index (χ1) is 10.2. The van der Waals surface area contributed by atoms with E-state index >= 15 is 0 Å². The summed E-state index contributed by atoms with van der Waals surface area (Å²) in [6.45, 7) is 9.48. The number of hydrogen-bond acceptors (Lipinski definition) is 3. The van der Waals surface area contributed by atoms with Crippen LogP contribution in [0.25, 0.3) is 0 Å². The molecule has 1 aromatic rings. The molecule has 0 spiro atoms. The van der Waals surface area contributed by atoms with Crippen LogP contribution in [0.1, 0.15) is 23.1 Å². The molecule has 2 aliphatic rings. The Balaban J connectivity index is 1.61. The minimum absolute atomic E-state index is 0.442. The van der Waals surface area contributed by atoms with Gasteiger partial charge < -0.3 is 9.47 Å². The standard InChI is InChI=1S/C18H27NO2/c1-13-4-5-14(2)16(8-13)9-19-10-17-15(6-7-20-3)12-21-18(17)11-19/h4-5,8,15,17-18H,6-7,9-12H2,1-3H3/t15-,17-,18-/m0/s1. The third-order valence-electron chi connectivity index (χ3n) is 5.11. The van der Waals surface area contributed by atoms with E-state index in [1.54, 1.807) is 7.11 Å². The first-order valence-corrected chi connectivity index (χ1v) is 8.06. The van der Waals surface area contributed by atoms with Gasteiger partial charge in [0.1, 0.15) is 0 Å². The molecule has 1 aromatic carbocycles. The van der Waals surface area contributed by atoms with Crippen molar-refractivity contribution in [3.8, 4) is 0 Å². The molecule has 0 saturated carbocycles. The van der Waals surface area contributed by atoms with Crippen molar-refractivity contribution in [3.05, 3.63) is 34.9 Å². The molecule has 0 aliphatic carbocycles. The van der Waals surface area contributed by atoms with E-state index < -0.39 is 0 Å². The van der Waals surface area contributed by atoms with Crippen molar-refractivity contribution in [1.82, 2.24) is 4.90 Å². The van der Waals surface area contributed by atoms with Crippen LogP contribution in [0.2, 0.25) is 0 Å². The molecule has 0 bridgehead atoms. The van der Waals surface area contributed by atoms with Crippen LogP contribution in [0.15, 0.2) is 18.2 Å². The lowest BCUT2D eigenvalue weighted by atomic mass is 9.91. The molecule has 0 N–H and O–H groups in total. The average molecular weight is 289 g/mol. The SMILES string of the molecule is COCC[C@H]1CO[C@H]2CN(Cc3cc(C)ccc3C)C[C@@H]12. The molecule has 0 radical (unpaired) electrons. The van der Waals surface area contributed by atoms with Crippen LogP contribution >= 0.6 is 0 Å². The molecule has 21 heavy (non-hydrogen) atoms. The zero-order chi connectivity index (χ0) is 14.8. The predicted molar refractivity (Wildman–Crippen MR) is 84.4 cm³/mol. The van der Waals surface area contributed by atoms with Gasteiger partial charge in [-0.2, -0.15) is 0 Å². The molecule has 0 unspecified atom stereocenters. The summed E-state index contributed by atoms with van der Waals surface area (Å²) in [6, 6.07) is 6.76. The maximum absolute atomic E-state index is 6.01. The fourth-order valence-corrected chi connectivity index (χ4v) is 3.79. The van der Waals surface area contributed by atoms with Gasteiger partial charge in [-0.1, -0.05) is 23.8 Å². The fourth-order valence-electron chi connectivity index (χ4n) is 3.79. The van der Waals surface area contributed by atoms with Gasteiger partial charge in [-0.05, 0) is 37.3 Å². The van der Waals surface area contributed by atoms with Crippen LogP contribution in [-0.2, 0) is 16.0 Å². The van der Waals surface area contributed by atoms with Gasteiger partial charge in [-0.3, -0.25) is 4.90 Å². The Morgan fingerprint density at radius 2 is 2.14 bits per heavy atom. The molecule has 0 aromatic heterocycles. The number of benzene rings is 1. The molecule has 2 aliphatic heterocycles. The van der Waals surface area contributed by atoms with Crippen LogP contribution in [0.5, 0.6) is 0 Å². The Morgan fingerprint density at radius 1 is 1.29 bits per heavy atom. The van der Waals surface area contributed by atoms with Crippen LogP contribution in [-0.4, -0.2) is 44.4 Å². The second-order valence-electron chi connectivity index (χ2n) is 6.70. The van der Waals surface area contributed by atoms with Crippen molar-refractivity contribution in [1.29, 1.82) is 0 Å². The van der Waals surface area contributed by atoms with Gasteiger partial charge in [-0.25, -0.2) is 0 Å². The zero-order valence-corrected chi connectivity index (χ0v) is 13.5. The van der Waals surface area contributed by atoms with Gasteiger partial charge in [0, 0.05) is 39.3 Å². The molecule has 3 nitrogen and oxygen atoms in total. The molecule has 2 saturated heterocycles. The third-order valence-corrected chi connectivity index (χ3v) is 5.11. The number of aryl methyl sites for hydroxylation is 2. The molecule has 116 valence electrons. The van der Waals surface area contributed by atoms with Crippen molar-refractivity contribution >= 4 is 0 Å². The van der Waals surface area contributed by atoms with E-state index in [0.29, 0.717) is 17.9 Å². The summed E-state index contributed by atoms with van der Waals surface area (Å²) >= 11 is 0. The molecule has 3 heteroatoms. The summed E-state index contributed by atoms with van der Waals surface area (Å²) in [5.41, 5.74) is 4.21. The largest absolute Gasteiger partial charge is 0.385 e. The number of rotatable bonds is 5. The summed E-state index contributed by atoms with van der Waals surface area (Å²) in [5, 5.41) is 0. The Labute approximate surface area is 128 Å². The van der Waals surface area contributed by atoms with Crippen molar-refractivity contribution in [2.75, 3.05) is 33.4 Å². The van der Waals surface area contributed by atoms with Crippen LogP contribution < -0.4 is 0 Å². The van der Waals surface area contributed by atoms with Crippen LogP contribution in [0.4, 0.5) is 0 Å². The number of likely N-dealkylation sites (tertiary alicyclic amines) is 1. The van der Waals surface area contributed by atoms with Gasteiger partial charge in [0.2, 0.25) is 0 Å². The Kier molecular flexibility index (Phi) is 4.63. The third kappa shape index (κ3) is 3.31. The van der Waals surface area contributed by atoms with Crippen molar-refractivity contribution < 1.29 is 9.47 Å². The smallest absolute Gasteiger partial charge is 0.0746 e. The summed E-state index contributed by atoms with van der Waals surface area (Å²) in [5.74, 6) is 1.38. The van der Waals surface area contributed by atoms with Crippen molar-refractivity contribution in [2.24, 2.45) is 11.8 Å². The summed E-state index contributed by atoms with van der Waals surface area (Å²) in [7, 11) is 1.79. The molecule has 3 atom stereocenters. The lowest BCUT2D eigenvalue weighted by Gasteiger charge is -2.20. The van der Waals surface area contributed by atoms with E-state index in [9.17, 15) is 0 Å². The van der Waals surface area contributed by atoms with E-state index in [-0.39, 0.29) is 0 Å². The van der Waals surface area contributed by atoms with E-state index in [2.05, 4.69) is 36.9 Å². The summed E-state index contributed by atoms with van der Waals surface area (Å²) in [4.78, 5) is 2.57. The monoisotopic (exact) mass is 289 g/mol. The summed E-state index contributed by atoms with van der Waals surface area (Å²) in [6.07, 6.45) is 1.58. The minimum atomic E-state index is 0.442. The topological polar surface area (TPSA) is 21.7 Å². The highest BCUT2D eigenvalue weighted by molar-refractivity contribution is 5.30. The highest BCUT2D eigenvalue weighted by atomic mass is 16.5. The fraction of sp³-hybridized carbons (Fsp3) is 0.667. The second kappa shape index (κ2) is 6.47. The normalized spacial score (nSPS) is 29.0. The van der Waals surface area contributed by atoms with Gasteiger partial charge in [0.05, 0.1) is 12.7 Å². The van der Waals surface area contributed by atoms with E-state index in [1.165, 1.54) is 23.2 Å². The maximum atomic E-state index is 6.01. The zero-order valence-electron chi connectivity index (χ0n) is 13.5. The van der Waals surface area contributed by atoms with E-state index in [0.717, 1.165) is 32.7 Å². The number of methoxy groups -OCH3 is 1. The predicted octanol–water partition coefficient (Wildman–Crippen LogP) is 2.79. The maximum Gasteiger partial charge on any atom is 0.0746 e. The van der Waals surface area contributed by atoms with Gasteiger partial charge in [0.25, 0.3) is 0 Å². The number of nitrogens with zero attached hydrogens (tertiary/aromatic N) is 1. The van der Waals surface area contributed by atoms with E-state index in [1.807, 2.05) is 0 Å². The Bertz CT molecular complexity index is 488. The first kappa shape index (κ1) is 15.0. The first-order valence-electron chi connectivity index (χ1n) is 8.06. The quantitative estimate of drug-likeness (QED) is 0.832. The highest BCUT2D eigenvalue weighted by Crippen LogP contribution is 2.36. The van der Waals surface area contributed by atoms with Crippen molar-refractivity contribution in [3.63, 3.8) is 0 Å². The highest BCUT2D eigenvalue weighted by Gasteiger charge is 2.43. The molecule has 2 fully saturated rings. The summed E-state index contributed by atoms with van der Waals surface area (Å²) < 4.78 is 11.2. The molecule has 2 heterocycles. The molecule has 0 amide bonds. The minimum Gasteiger partial charge on any atom is -0.385 e. The van der Waals surface area contributed by atoms with Gasteiger partial charge >= 0.3 is 0 Å². The number of fused-ring (bicyclic) bond motifs is 1. The molecular weight excluding hydrogens is 262 g/mol. The second-order valence-corrected chi connectivity index (χ2v) is 6.70. The Hall–Kier alpha value is -0.900. The number of hydrogen-bond donors (Lipinski definition) is 0. The number of ether oxygens (including phenoxy) is 2. The lowest BCUT2D eigenvalue weighted by Crippen LogP contribution is -2.24.